The first-order valence-electron chi connectivity index (χ1n) is 9.95. The maximum absolute atomic E-state index is 2.29. The zero-order valence-corrected chi connectivity index (χ0v) is 18.1. The molecule has 2 aromatic rings. The molecule has 1 aliphatic rings. The van der Waals surface area contributed by atoms with Gasteiger partial charge in [0.25, 0.3) is 0 Å². The number of allylic oxidation sites excluding steroid dienone is 3. The minimum atomic E-state index is 0.240. The molecule has 0 saturated heterocycles. The molecule has 0 bridgehead atoms. The molecule has 29 heavy (non-hydrogen) atoms. The average Bonchev–Trinajstić information content (AvgIpc) is 2.72. The quantitative estimate of drug-likeness (QED) is 0.668. The van der Waals surface area contributed by atoms with E-state index in [2.05, 4.69) is 141 Å². The van der Waals surface area contributed by atoms with Crippen LogP contribution in [0.1, 0.15) is 11.1 Å². The largest absolute Gasteiger partial charge is 0.378 e. The molecule has 0 radical (unpaired) electrons. The van der Waals surface area contributed by atoms with Crippen LogP contribution >= 0.6 is 0 Å². The Bertz CT molecular complexity index is 913. The van der Waals surface area contributed by atoms with E-state index >= 15 is 0 Å². The van der Waals surface area contributed by atoms with Gasteiger partial charge >= 0.3 is 0 Å². The third kappa shape index (κ3) is 5.64. The van der Waals surface area contributed by atoms with E-state index in [-0.39, 0.29) is 6.04 Å². The zero-order chi connectivity index (χ0) is 20.8. The molecule has 0 N–H and O–H groups in total. The van der Waals surface area contributed by atoms with Crippen LogP contribution in [0.15, 0.2) is 84.6 Å². The molecule has 1 heterocycles. The Labute approximate surface area is 175 Å². The number of hydrogen-bond acceptors (Lipinski definition) is 3. The summed E-state index contributed by atoms with van der Waals surface area (Å²) in [7, 11) is 10.3. The topological polar surface area (TPSA) is 9.72 Å². The molecule has 3 nitrogen and oxygen atoms in total. The summed E-state index contributed by atoms with van der Waals surface area (Å²) < 4.78 is 0. The highest BCUT2D eigenvalue weighted by atomic mass is 15.1. The van der Waals surface area contributed by atoms with E-state index in [1.54, 1.807) is 0 Å². The van der Waals surface area contributed by atoms with Crippen molar-refractivity contribution in [2.75, 3.05) is 45.0 Å². The highest BCUT2D eigenvalue weighted by Crippen LogP contribution is 2.19. The van der Waals surface area contributed by atoms with Crippen LogP contribution in [0.25, 0.3) is 12.2 Å². The second-order valence-corrected chi connectivity index (χ2v) is 7.80. The molecule has 0 aromatic heterocycles. The summed E-state index contributed by atoms with van der Waals surface area (Å²) in [5.41, 5.74) is 6.06. The van der Waals surface area contributed by atoms with Crippen molar-refractivity contribution in [1.82, 2.24) is 4.90 Å². The smallest absolute Gasteiger partial charge is 0.0660 e. The molecule has 3 heteroatoms. The first-order chi connectivity index (χ1) is 13.9. The van der Waals surface area contributed by atoms with Crippen molar-refractivity contribution in [2.45, 2.75) is 6.04 Å². The fourth-order valence-corrected chi connectivity index (χ4v) is 3.15. The molecule has 0 amide bonds. The molecular weight excluding hydrogens is 354 g/mol. The fraction of sp³-hybridized carbons (Fsp3) is 0.231. The summed E-state index contributed by atoms with van der Waals surface area (Å²) in [6, 6.07) is 17.4. The van der Waals surface area contributed by atoms with E-state index in [1.165, 1.54) is 28.1 Å². The van der Waals surface area contributed by atoms with Gasteiger partial charge in [-0.3, -0.25) is 0 Å². The van der Waals surface area contributed by atoms with E-state index in [4.69, 9.17) is 0 Å². The summed E-state index contributed by atoms with van der Waals surface area (Å²) in [5.74, 6) is 0. The Morgan fingerprint density at radius 1 is 0.724 bits per heavy atom. The third-order valence-corrected chi connectivity index (χ3v) is 5.11. The predicted molar refractivity (Wildman–Crippen MR) is 128 cm³/mol. The first kappa shape index (κ1) is 20.5. The van der Waals surface area contributed by atoms with Gasteiger partial charge in [-0.25, -0.2) is 0 Å². The minimum absolute atomic E-state index is 0.240. The van der Waals surface area contributed by atoms with Gasteiger partial charge in [0.15, 0.2) is 0 Å². The van der Waals surface area contributed by atoms with Gasteiger partial charge in [-0.15, -0.1) is 0 Å². The van der Waals surface area contributed by atoms with E-state index in [1.807, 2.05) is 0 Å². The summed E-state index contributed by atoms with van der Waals surface area (Å²) in [4.78, 5) is 6.44. The van der Waals surface area contributed by atoms with Crippen molar-refractivity contribution in [1.29, 1.82) is 0 Å². The van der Waals surface area contributed by atoms with E-state index in [0.29, 0.717) is 0 Å². The second kappa shape index (κ2) is 9.33. The molecule has 3 rings (SSSR count). The summed E-state index contributed by atoms with van der Waals surface area (Å²) in [6.07, 6.45) is 15.4. The maximum atomic E-state index is 2.29. The van der Waals surface area contributed by atoms with Crippen LogP contribution < -0.4 is 9.80 Å². The molecule has 0 fully saturated rings. The number of hydrogen-bond donors (Lipinski definition) is 0. The lowest BCUT2D eigenvalue weighted by Crippen LogP contribution is -2.25. The highest BCUT2D eigenvalue weighted by molar-refractivity contribution is 5.60. The molecular formula is C26H31N3. The van der Waals surface area contributed by atoms with Gasteiger partial charge in [-0.05, 0) is 47.0 Å². The van der Waals surface area contributed by atoms with Gasteiger partial charge in [0.1, 0.15) is 0 Å². The molecule has 2 aromatic carbocycles. The molecule has 1 unspecified atom stereocenters. The number of likely N-dealkylation sites (N-methyl/N-ethyl adjacent to an activating group) is 1. The van der Waals surface area contributed by atoms with E-state index in [9.17, 15) is 0 Å². The Morgan fingerprint density at radius 2 is 1.24 bits per heavy atom. The normalized spacial score (nSPS) is 16.5. The van der Waals surface area contributed by atoms with E-state index in [0.717, 1.165) is 0 Å². The Hall–Kier alpha value is -3.20. The monoisotopic (exact) mass is 385 g/mol. The van der Waals surface area contributed by atoms with Crippen LogP contribution in [0.5, 0.6) is 0 Å². The van der Waals surface area contributed by atoms with Crippen molar-refractivity contribution < 1.29 is 0 Å². The van der Waals surface area contributed by atoms with Gasteiger partial charge in [-0.1, -0.05) is 54.6 Å². The summed E-state index contributed by atoms with van der Waals surface area (Å²) >= 11 is 0. The fourth-order valence-electron chi connectivity index (χ4n) is 3.15. The van der Waals surface area contributed by atoms with Gasteiger partial charge in [0.2, 0.25) is 0 Å². The van der Waals surface area contributed by atoms with Gasteiger partial charge < -0.3 is 14.7 Å². The summed E-state index contributed by atoms with van der Waals surface area (Å²) in [5, 5.41) is 0. The molecule has 0 spiro atoms. The van der Waals surface area contributed by atoms with Crippen molar-refractivity contribution in [2.24, 2.45) is 0 Å². The number of nitrogens with zero attached hydrogens (tertiary/aromatic N) is 3. The van der Waals surface area contributed by atoms with Crippen LogP contribution in [-0.2, 0) is 0 Å². The lowest BCUT2D eigenvalue weighted by atomic mass is 10.0. The van der Waals surface area contributed by atoms with Gasteiger partial charge in [-0.2, -0.15) is 0 Å². The number of rotatable bonds is 6. The Kier molecular flexibility index (Phi) is 6.61. The predicted octanol–water partition coefficient (Wildman–Crippen LogP) is 5.30. The van der Waals surface area contributed by atoms with Gasteiger partial charge in [0.05, 0.1) is 6.04 Å². The van der Waals surface area contributed by atoms with Crippen molar-refractivity contribution in [3.8, 4) is 0 Å². The average molecular weight is 386 g/mol. The SMILES string of the molecule is CN(C)c1ccc(/C=C/C2=CC(/C=C/c3ccc(N(C)C)cc3)N(C)C=C2)cc1. The van der Waals surface area contributed by atoms with Crippen LogP contribution in [0.2, 0.25) is 0 Å². The first-order valence-corrected chi connectivity index (χ1v) is 9.95. The molecule has 0 aliphatic carbocycles. The van der Waals surface area contributed by atoms with Crippen LogP contribution in [0.3, 0.4) is 0 Å². The van der Waals surface area contributed by atoms with E-state index < -0.39 is 0 Å². The van der Waals surface area contributed by atoms with Crippen LogP contribution in [0, 0.1) is 0 Å². The number of anilines is 2. The van der Waals surface area contributed by atoms with Gasteiger partial charge in [0, 0.05) is 52.8 Å². The molecule has 0 saturated carbocycles. The second-order valence-electron chi connectivity index (χ2n) is 7.80. The lowest BCUT2D eigenvalue weighted by molar-refractivity contribution is 0.433. The van der Waals surface area contributed by atoms with Crippen molar-refractivity contribution in [3.05, 3.63) is 95.7 Å². The van der Waals surface area contributed by atoms with Crippen LogP contribution in [0.4, 0.5) is 11.4 Å². The molecule has 1 atom stereocenters. The zero-order valence-electron chi connectivity index (χ0n) is 18.1. The van der Waals surface area contributed by atoms with Crippen LogP contribution in [-0.4, -0.2) is 46.2 Å². The maximum Gasteiger partial charge on any atom is 0.0660 e. The number of benzene rings is 2. The summed E-state index contributed by atoms with van der Waals surface area (Å²) in [6.45, 7) is 0. The molecule has 150 valence electrons. The Balaban J connectivity index is 1.69. The third-order valence-electron chi connectivity index (χ3n) is 5.11. The Morgan fingerprint density at radius 3 is 1.76 bits per heavy atom. The highest BCUT2D eigenvalue weighted by Gasteiger charge is 2.09. The molecule has 1 aliphatic heterocycles. The standard InChI is InChI=1S/C26H31N3/c1-27(2)24-13-8-21(9-14-24)6-7-23-18-19-29(5)26(20-23)17-12-22-10-15-25(16-11-22)28(3)4/h6-20,26H,1-5H3/b7-6+,17-12+. The minimum Gasteiger partial charge on any atom is -0.378 e. The van der Waals surface area contributed by atoms with Crippen molar-refractivity contribution >= 4 is 23.5 Å². The lowest BCUT2D eigenvalue weighted by Gasteiger charge is -2.25. The van der Waals surface area contributed by atoms with Crippen molar-refractivity contribution in [3.63, 3.8) is 0 Å².